The molecule has 3 nitrogen and oxygen atoms in total. The van der Waals surface area contributed by atoms with Crippen molar-refractivity contribution in [2.45, 2.75) is 45.3 Å². The Hall–Kier alpha value is -6.92. The Morgan fingerprint density at radius 3 is 1.86 bits per heavy atom. The van der Waals surface area contributed by atoms with Crippen LogP contribution in [0.3, 0.4) is 0 Å². The topological polar surface area (TPSA) is 21.7 Å². The third kappa shape index (κ3) is 5.76. The Labute approximate surface area is 376 Å². The summed E-state index contributed by atoms with van der Waals surface area (Å²) in [4.78, 5) is 6.98. The summed E-state index contributed by atoms with van der Waals surface area (Å²) in [5, 5.41) is 0. The predicted molar refractivity (Wildman–Crippen MR) is 259 cm³/mol. The zero-order valence-electron chi connectivity index (χ0n) is 34.7. The van der Waals surface area contributed by atoms with Crippen molar-refractivity contribution in [2.24, 2.45) is 0 Å². The number of hydrogen-bond acceptors (Lipinski definition) is 5. The molecule has 4 aliphatic rings. The Balaban J connectivity index is 0.879. The fourth-order valence-corrected chi connectivity index (χ4v) is 12.1. The summed E-state index contributed by atoms with van der Waals surface area (Å²) in [6.07, 6.45) is 0.855. The Kier molecular flexibility index (Phi) is 8.19. The molecular weight excluding hydrogens is 807 g/mol. The molecule has 0 N–H and O–H groups in total. The van der Waals surface area contributed by atoms with Crippen molar-refractivity contribution in [1.29, 1.82) is 0 Å². The highest BCUT2D eigenvalue weighted by molar-refractivity contribution is 8.00. The number of nitrogens with zero attached hydrogens (tertiary/aromatic N) is 1. The first kappa shape index (κ1) is 36.7. The molecule has 9 aromatic rings. The van der Waals surface area contributed by atoms with Gasteiger partial charge in [0.15, 0.2) is 0 Å². The maximum Gasteiger partial charge on any atom is 0.149 e. The molecule has 63 heavy (non-hydrogen) atoms. The zero-order valence-corrected chi connectivity index (χ0v) is 36.3. The minimum Gasteiger partial charge on any atom is -0.454 e. The van der Waals surface area contributed by atoms with E-state index < -0.39 is 0 Å². The maximum absolute atomic E-state index is 7.10. The van der Waals surface area contributed by atoms with Crippen LogP contribution in [0.25, 0.3) is 44.5 Å². The fourth-order valence-electron chi connectivity index (χ4n) is 10.1. The zero-order chi connectivity index (χ0) is 41.8. The van der Waals surface area contributed by atoms with Gasteiger partial charge in [-0.3, -0.25) is 0 Å². The summed E-state index contributed by atoms with van der Waals surface area (Å²) in [5.74, 6) is 3.77. The van der Waals surface area contributed by atoms with Gasteiger partial charge >= 0.3 is 0 Å². The highest BCUT2D eigenvalue weighted by Gasteiger charge is 2.39. The van der Waals surface area contributed by atoms with Crippen LogP contribution >= 0.6 is 23.5 Å². The van der Waals surface area contributed by atoms with Crippen molar-refractivity contribution in [3.8, 4) is 67.5 Å². The lowest BCUT2D eigenvalue weighted by atomic mass is 9.82. The van der Waals surface area contributed by atoms with Gasteiger partial charge in [0, 0.05) is 39.2 Å². The standard InChI is InChI=1S/C58H39NO2S2/c1-58(2)46-15-7-6-13-45(46)54-47(58)30-32-52-57(54)61-55-44(14-10-18-50(55)63-52)37-21-26-41(27-22-37)59(40-24-19-36(20-25-40)35-11-4-3-5-12-35)42-28-29-43-39(34-42)33-38-23-31-51-56(53(38)43)60-48-16-8-9-17-49(48)62-51/h3-32,34H,33H2,1-2H3. The van der Waals surface area contributed by atoms with Gasteiger partial charge in [-0.1, -0.05) is 159 Å². The number of fused-ring (bicyclic) bond motifs is 12. The molecule has 13 rings (SSSR count). The van der Waals surface area contributed by atoms with Crippen molar-refractivity contribution in [2.75, 3.05) is 4.90 Å². The lowest BCUT2D eigenvalue weighted by Gasteiger charge is -2.27. The van der Waals surface area contributed by atoms with Crippen LogP contribution in [-0.2, 0) is 11.8 Å². The molecule has 2 aliphatic heterocycles. The minimum absolute atomic E-state index is 0.0961. The second kappa shape index (κ2) is 14.0. The van der Waals surface area contributed by atoms with Gasteiger partial charge in [0.2, 0.25) is 0 Å². The first-order chi connectivity index (χ1) is 31.0. The van der Waals surface area contributed by atoms with Gasteiger partial charge in [0.1, 0.15) is 23.0 Å². The second-order valence-corrected chi connectivity index (χ2v) is 19.4. The molecule has 0 unspecified atom stereocenters. The first-order valence-corrected chi connectivity index (χ1v) is 23.2. The lowest BCUT2D eigenvalue weighted by molar-refractivity contribution is 0.456. The van der Waals surface area contributed by atoms with Gasteiger partial charge in [-0.2, -0.15) is 0 Å². The van der Waals surface area contributed by atoms with E-state index in [1.165, 1.54) is 55.6 Å². The summed E-state index contributed by atoms with van der Waals surface area (Å²) in [5.41, 5.74) is 18.0. The van der Waals surface area contributed by atoms with E-state index in [1.54, 1.807) is 23.5 Å². The largest absolute Gasteiger partial charge is 0.454 e. The van der Waals surface area contributed by atoms with Gasteiger partial charge in [-0.15, -0.1) is 0 Å². The van der Waals surface area contributed by atoms with Crippen molar-refractivity contribution < 1.29 is 9.47 Å². The van der Waals surface area contributed by atoms with Gasteiger partial charge < -0.3 is 14.4 Å². The Morgan fingerprint density at radius 1 is 0.413 bits per heavy atom. The summed E-state index contributed by atoms with van der Waals surface area (Å²) in [6, 6.07) is 68.2. The third-order valence-electron chi connectivity index (χ3n) is 13.2. The van der Waals surface area contributed by atoms with Crippen LogP contribution in [-0.4, -0.2) is 0 Å². The van der Waals surface area contributed by atoms with Crippen LogP contribution in [0, 0.1) is 0 Å². The van der Waals surface area contributed by atoms with Gasteiger partial charge in [-0.25, -0.2) is 0 Å². The quantitative estimate of drug-likeness (QED) is 0.172. The summed E-state index contributed by atoms with van der Waals surface area (Å²) >= 11 is 3.59. The van der Waals surface area contributed by atoms with Crippen molar-refractivity contribution in [3.63, 3.8) is 0 Å². The van der Waals surface area contributed by atoms with Crippen LogP contribution in [0.2, 0.25) is 0 Å². The van der Waals surface area contributed by atoms with E-state index in [0.717, 1.165) is 77.2 Å². The molecule has 0 bridgehead atoms. The highest BCUT2D eigenvalue weighted by atomic mass is 32.2. The molecule has 5 heteroatoms. The number of hydrogen-bond donors (Lipinski definition) is 0. The normalized spacial score (nSPS) is 14.1. The van der Waals surface area contributed by atoms with E-state index in [2.05, 4.69) is 201 Å². The molecule has 9 aromatic carbocycles. The van der Waals surface area contributed by atoms with Crippen LogP contribution in [0.15, 0.2) is 208 Å². The summed E-state index contributed by atoms with van der Waals surface area (Å²) in [6.45, 7) is 4.65. The molecule has 0 radical (unpaired) electrons. The Morgan fingerprint density at radius 2 is 1.03 bits per heavy atom. The average molecular weight is 846 g/mol. The molecular formula is C58H39NO2S2. The van der Waals surface area contributed by atoms with E-state index >= 15 is 0 Å². The number of para-hydroxylation sites is 2. The van der Waals surface area contributed by atoms with Gasteiger partial charge in [0.25, 0.3) is 0 Å². The van der Waals surface area contributed by atoms with Crippen molar-refractivity contribution in [3.05, 3.63) is 210 Å². The second-order valence-electron chi connectivity index (χ2n) is 17.2. The van der Waals surface area contributed by atoms with E-state index in [4.69, 9.17) is 9.47 Å². The molecule has 0 saturated heterocycles. The maximum atomic E-state index is 7.10. The van der Waals surface area contributed by atoms with Gasteiger partial charge in [-0.05, 0) is 123 Å². The average Bonchev–Trinajstić information content (AvgIpc) is 3.82. The van der Waals surface area contributed by atoms with Gasteiger partial charge in [0.05, 0.1) is 19.6 Å². The SMILES string of the molecule is CC1(C)c2ccccc2-c2c1ccc1c2Oc2c(cccc2-c2ccc(N(c3ccc(-c4ccccc4)cc3)c3ccc4c(c3)Cc3ccc5c(c3-4)Oc3ccccc3S5)cc2)S1. The molecule has 0 fully saturated rings. The predicted octanol–water partition coefficient (Wildman–Crippen LogP) is 16.9. The molecule has 0 atom stereocenters. The first-order valence-electron chi connectivity index (χ1n) is 21.5. The van der Waals surface area contributed by atoms with E-state index in [0.29, 0.717) is 0 Å². The minimum atomic E-state index is -0.0961. The number of benzene rings is 9. The molecule has 0 amide bonds. The fraction of sp³-hybridized carbons (Fsp3) is 0.0690. The lowest BCUT2D eigenvalue weighted by Crippen LogP contribution is -2.15. The van der Waals surface area contributed by atoms with Crippen molar-refractivity contribution in [1.82, 2.24) is 0 Å². The summed E-state index contributed by atoms with van der Waals surface area (Å²) in [7, 11) is 0. The molecule has 0 spiro atoms. The molecule has 2 heterocycles. The smallest absolute Gasteiger partial charge is 0.149 e. The molecule has 0 saturated carbocycles. The number of ether oxygens (including phenoxy) is 2. The van der Waals surface area contributed by atoms with Crippen LogP contribution in [0.1, 0.15) is 36.1 Å². The monoisotopic (exact) mass is 845 g/mol. The summed E-state index contributed by atoms with van der Waals surface area (Å²) < 4.78 is 13.7. The third-order valence-corrected chi connectivity index (χ3v) is 15.4. The number of rotatable bonds is 5. The van der Waals surface area contributed by atoms with Crippen LogP contribution in [0.4, 0.5) is 17.1 Å². The van der Waals surface area contributed by atoms with E-state index in [9.17, 15) is 0 Å². The van der Waals surface area contributed by atoms with Crippen LogP contribution in [0.5, 0.6) is 23.0 Å². The molecule has 300 valence electrons. The van der Waals surface area contributed by atoms with Crippen LogP contribution < -0.4 is 14.4 Å². The Bertz CT molecular complexity index is 3340. The van der Waals surface area contributed by atoms with Crippen molar-refractivity contribution >= 4 is 40.6 Å². The van der Waals surface area contributed by atoms with E-state index in [-0.39, 0.29) is 5.41 Å². The molecule has 0 aromatic heterocycles. The molecule has 2 aliphatic carbocycles. The highest BCUT2D eigenvalue weighted by Crippen LogP contribution is 2.60. The number of anilines is 3. The van der Waals surface area contributed by atoms with E-state index in [1.807, 2.05) is 6.07 Å².